The lowest BCUT2D eigenvalue weighted by molar-refractivity contribution is 0.0970. The zero-order valence-corrected chi connectivity index (χ0v) is 11.3. The van der Waals surface area contributed by atoms with E-state index in [0.717, 1.165) is 16.0 Å². The Kier molecular flexibility index (Phi) is 3.65. The minimum Gasteiger partial charge on any atom is -0.293 e. The highest BCUT2D eigenvalue weighted by atomic mass is 35.5. The van der Waals surface area contributed by atoms with E-state index in [9.17, 15) is 4.79 Å². The van der Waals surface area contributed by atoms with Crippen molar-refractivity contribution in [3.8, 4) is 0 Å². The maximum Gasteiger partial charge on any atom is 0.179 e. The van der Waals surface area contributed by atoms with Gasteiger partial charge < -0.3 is 0 Å². The van der Waals surface area contributed by atoms with Crippen molar-refractivity contribution >= 4 is 28.7 Å². The normalized spacial score (nSPS) is 12.4. The van der Waals surface area contributed by atoms with Gasteiger partial charge >= 0.3 is 0 Å². The smallest absolute Gasteiger partial charge is 0.179 e. The van der Waals surface area contributed by atoms with Crippen LogP contribution in [0.5, 0.6) is 0 Å². The lowest BCUT2D eigenvalue weighted by Crippen LogP contribution is -2.07. The molecule has 0 saturated heterocycles. The fourth-order valence-electron chi connectivity index (χ4n) is 1.69. The van der Waals surface area contributed by atoms with Crippen LogP contribution in [0.1, 0.15) is 33.6 Å². The van der Waals surface area contributed by atoms with Crippen molar-refractivity contribution < 1.29 is 4.79 Å². The molecule has 0 spiro atoms. The van der Waals surface area contributed by atoms with Crippen LogP contribution >= 0.6 is 22.9 Å². The van der Waals surface area contributed by atoms with Gasteiger partial charge in [0.2, 0.25) is 0 Å². The zero-order valence-electron chi connectivity index (χ0n) is 9.74. The molecule has 2 aromatic rings. The van der Waals surface area contributed by atoms with Gasteiger partial charge in [0.25, 0.3) is 0 Å². The number of Topliss-reactive ketones (excluding diaryl/α,β-unsaturated/α-hetero) is 1. The van der Waals surface area contributed by atoms with E-state index < -0.39 is 0 Å². The van der Waals surface area contributed by atoms with Gasteiger partial charge in [-0.05, 0) is 24.1 Å². The van der Waals surface area contributed by atoms with Gasteiger partial charge in [-0.3, -0.25) is 4.79 Å². The fourth-order valence-corrected chi connectivity index (χ4v) is 2.92. The molecule has 2 rings (SSSR count). The van der Waals surface area contributed by atoms with Crippen LogP contribution in [0, 0.1) is 6.92 Å². The topological polar surface area (TPSA) is 17.1 Å². The second-order valence-electron chi connectivity index (χ2n) is 4.06. The molecule has 0 fully saturated rings. The van der Waals surface area contributed by atoms with Gasteiger partial charge in [0.15, 0.2) is 5.78 Å². The number of carbonyl (C=O) groups is 1. The number of aryl methyl sites for hydroxylation is 1. The van der Waals surface area contributed by atoms with Gasteiger partial charge in [0.05, 0.1) is 9.21 Å². The molecule has 1 atom stereocenters. The minimum absolute atomic E-state index is 0.120. The molecule has 0 aliphatic rings. The van der Waals surface area contributed by atoms with E-state index in [0.29, 0.717) is 4.34 Å². The summed E-state index contributed by atoms with van der Waals surface area (Å²) in [5.41, 5.74) is 2.01. The van der Waals surface area contributed by atoms with Crippen LogP contribution in [0.15, 0.2) is 36.4 Å². The van der Waals surface area contributed by atoms with Crippen molar-refractivity contribution in [2.75, 3.05) is 0 Å². The number of thiophene rings is 1. The molecule has 1 aromatic carbocycles. The summed E-state index contributed by atoms with van der Waals surface area (Å²) >= 11 is 7.35. The van der Waals surface area contributed by atoms with Crippen LogP contribution in [0.25, 0.3) is 0 Å². The second-order valence-corrected chi connectivity index (χ2v) is 5.72. The molecule has 3 heteroatoms. The van der Waals surface area contributed by atoms with Gasteiger partial charge in [0.1, 0.15) is 0 Å². The molecular formula is C14H13ClOS. The summed E-state index contributed by atoms with van der Waals surface area (Å²) in [6.45, 7) is 3.85. The standard InChI is InChI=1S/C14H13ClOS/c1-9-8-12(17-14(9)15)13(16)10(2)11-6-4-3-5-7-11/h3-8,10H,1-2H3. The van der Waals surface area contributed by atoms with Gasteiger partial charge in [-0.1, -0.05) is 48.9 Å². The average Bonchev–Trinajstić information content (AvgIpc) is 2.69. The van der Waals surface area contributed by atoms with Crippen LogP contribution in [-0.4, -0.2) is 5.78 Å². The van der Waals surface area contributed by atoms with E-state index in [1.165, 1.54) is 11.3 Å². The van der Waals surface area contributed by atoms with E-state index in [1.54, 1.807) is 0 Å². The van der Waals surface area contributed by atoms with Gasteiger partial charge in [-0.2, -0.15) is 0 Å². The molecule has 0 bridgehead atoms. The Morgan fingerprint density at radius 3 is 2.47 bits per heavy atom. The third kappa shape index (κ3) is 2.59. The van der Waals surface area contributed by atoms with Crippen molar-refractivity contribution in [3.63, 3.8) is 0 Å². The summed E-state index contributed by atoms with van der Waals surface area (Å²) in [7, 11) is 0. The number of halogens is 1. The Hall–Kier alpha value is -1.12. The van der Waals surface area contributed by atoms with Gasteiger partial charge in [-0.15, -0.1) is 11.3 Å². The molecule has 0 saturated carbocycles. The van der Waals surface area contributed by atoms with Crippen molar-refractivity contribution in [2.24, 2.45) is 0 Å². The van der Waals surface area contributed by atoms with Crippen molar-refractivity contribution in [2.45, 2.75) is 19.8 Å². The molecule has 17 heavy (non-hydrogen) atoms. The predicted molar refractivity (Wildman–Crippen MR) is 73.3 cm³/mol. The highest BCUT2D eigenvalue weighted by Gasteiger charge is 2.19. The van der Waals surface area contributed by atoms with E-state index >= 15 is 0 Å². The van der Waals surface area contributed by atoms with Crippen LogP contribution in [0.3, 0.4) is 0 Å². The monoisotopic (exact) mass is 264 g/mol. The molecule has 0 amide bonds. The summed E-state index contributed by atoms with van der Waals surface area (Å²) in [4.78, 5) is 13.0. The highest BCUT2D eigenvalue weighted by molar-refractivity contribution is 7.18. The van der Waals surface area contributed by atoms with E-state index in [4.69, 9.17) is 11.6 Å². The van der Waals surface area contributed by atoms with E-state index in [-0.39, 0.29) is 11.7 Å². The lowest BCUT2D eigenvalue weighted by Gasteiger charge is -2.08. The summed E-state index contributed by atoms with van der Waals surface area (Å²) in [5, 5.41) is 0. The summed E-state index contributed by atoms with van der Waals surface area (Å²) in [6, 6.07) is 11.7. The number of benzene rings is 1. The van der Waals surface area contributed by atoms with Crippen LogP contribution in [-0.2, 0) is 0 Å². The Balaban J connectivity index is 2.26. The van der Waals surface area contributed by atoms with Crippen LogP contribution in [0.4, 0.5) is 0 Å². The first-order valence-electron chi connectivity index (χ1n) is 5.44. The Morgan fingerprint density at radius 1 is 1.29 bits per heavy atom. The molecule has 0 aliphatic carbocycles. The molecule has 1 heterocycles. The fraction of sp³-hybridized carbons (Fsp3) is 0.214. The lowest BCUT2D eigenvalue weighted by atomic mass is 9.96. The van der Waals surface area contributed by atoms with Crippen molar-refractivity contribution in [3.05, 3.63) is 56.7 Å². The molecule has 1 unspecified atom stereocenters. The summed E-state index contributed by atoms with van der Waals surface area (Å²) in [5.74, 6) is 0.0153. The minimum atomic E-state index is -0.120. The number of carbonyl (C=O) groups excluding carboxylic acids is 1. The first-order chi connectivity index (χ1) is 8.09. The maximum atomic E-state index is 12.3. The zero-order chi connectivity index (χ0) is 12.4. The Bertz CT molecular complexity index is 511. The Labute approximate surface area is 110 Å². The highest BCUT2D eigenvalue weighted by Crippen LogP contribution is 2.30. The summed E-state index contributed by atoms with van der Waals surface area (Å²) < 4.78 is 0.702. The average molecular weight is 265 g/mol. The molecule has 0 radical (unpaired) electrons. The molecule has 0 aliphatic heterocycles. The maximum absolute atomic E-state index is 12.3. The van der Waals surface area contributed by atoms with Gasteiger partial charge in [-0.25, -0.2) is 0 Å². The number of hydrogen-bond donors (Lipinski definition) is 0. The number of ketones is 1. The predicted octanol–water partition coefficient (Wildman–Crippen LogP) is 4.70. The molecule has 1 aromatic heterocycles. The third-order valence-electron chi connectivity index (χ3n) is 2.79. The first kappa shape index (κ1) is 12.3. The number of rotatable bonds is 3. The van der Waals surface area contributed by atoms with Crippen molar-refractivity contribution in [1.82, 2.24) is 0 Å². The Morgan fingerprint density at radius 2 is 1.94 bits per heavy atom. The van der Waals surface area contributed by atoms with Crippen molar-refractivity contribution in [1.29, 1.82) is 0 Å². The largest absolute Gasteiger partial charge is 0.293 e. The van der Waals surface area contributed by atoms with Crippen LogP contribution < -0.4 is 0 Å². The third-order valence-corrected chi connectivity index (χ3v) is 4.36. The van der Waals surface area contributed by atoms with E-state index in [2.05, 4.69) is 0 Å². The molecule has 0 N–H and O–H groups in total. The van der Waals surface area contributed by atoms with E-state index in [1.807, 2.05) is 50.2 Å². The second kappa shape index (κ2) is 5.03. The summed E-state index contributed by atoms with van der Waals surface area (Å²) in [6.07, 6.45) is 0. The molecular weight excluding hydrogens is 252 g/mol. The SMILES string of the molecule is Cc1cc(C(=O)C(C)c2ccccc2)sc1Cl. The van der Waals surface area contributed by atoms with Crippen LogP contribution in [0.2, 0.25) is 4.34 Å². The number of hydrogen-bond acceptors (Lipinski definition) is 2. The quantitative estimate of drug-likeness (QED) is 0.735. The van der Waals surface area contributed by atoms with Gasteiger partial charge in [0, 0.05) is 5.92 Å². The first-order valence-corrected chi connectivity index (χ1v) is 6.64. The molecule has 88 valence electrons. The molecule has 1 nitrogen and oxygen atoms in total.